The van der Waals surface area contributed by atoms with Crippen molar-refractivity contribution in [3.63, 3.8) is 0 Å². The van der Waals surface area contributed by atoms with Crippen LogP contribution in [0, 0.1) is 0 Å². The lowest BCUT2D eigenvalue weighted by molar-refractivity contribution is -0.159. The van der Waals surface area contributed by atoms with Crippen LogP contribution in [0.1, 0.15) is 13.8 Å². The van der Waals surface area contributed by atoms with E-state index in [1.807, 2.05) is 6.92 Å². The summed E-state index contributed by atoms with van der Waals surface area (Å²) in [5.41, 5.74) is 0. The highest BCUT2D eigenvalue weighted by Crippen LogP contribution is 2.23. The summed E-state index contributed by atoms with van der Waals surface area (Å²) in [6, 6.07) is 7.10. The fourth-order valence-electron chi connectivity index (χ4n) is 1.63. The van der Waals surface area contributed by atoms with E-state index in [4.69, 9.17) is 4.74 Å². The van der Waals surface area contributed by atoms with Crippen molar-refractivity contribution in [2.24, 2.45) is 0 Å². The van der Waals surface area contributed by atoms with Crippen molar-refractivity contribution < 1.29 is 22.7 Å². The highest BCUT2D eigenvalue weighted by Gasteiger charge is 2.32. The Balaban J connectivity index is 2.51. The number of hydrogen-bond acceptors (Lipinski definition) is 3. The van der Waals surface area contributed by atoms with Crippen LogP contribution in [0.4, 0.5) is 13.2 Å². The third-order valence-corrected chi connectivity index (χ3v) is 3.60. The topological polar surface area (TPSA) is 29.5 Å². The third-order valence-electron chi connectivity index (χ3n) is 2.60. The van der Waals surface area contributed by atoms with E-state index in [1.54, 1.807) is 24.3 Å². The largest absolute Gasteiger partial charge is 0.494 e. The second-order valence-electron chi connectivity index (χ2n) is 4.22. The van der Waals surface area contributed by atoms with Crippen molar-refractivity contribution in [2.45, 2.75) is 24.9 Å². The molecule has 0 aliphatic carbocycles. The van der Waals surface area contributed by atoms with Gasteiger partial charge >= 0.3 is 6.18 Å². The number of benzene rings is 1. The molecule has 0 aliphatic rings. The van der Waals surface area contributed by atoms with Crippen molar-refractivity contribution in [2.75, 3.05) is 25.4 Å². The number of rotatable bonds is 7. The van der Waals surface area contributed by atoms with Crippen molar-refractivity contribution in [3.8, 4) is 5.75 Å². The van der Waals surface area contributed by atoms with Crippen molar-refractivity contribution in [3.05, 3.63) is 24.3 Å². The van der Waals surface area contributed by atoms with Crippen LogP contribution in [0.25, 0.3) is 0 Å². The zero-order chi connectivity index (χ0) is 15.9. The summed E-state index contributed by atoms with van der Waals surface area (Å²) < 4.78 is 42.2. The quantitative estimate of drug-likeness (QED) is 0.719. The molecule has 0 saturated heterocycles. The molecular formula is C14H18F3NO2S. The van der Waals surface area contributed by atoms with Crippen LogP contribution < -0.4 is 4.74 Å². The Bertz CT molecular complexity index is 449. The molecule has 1 aromatic carbocycles. The zero-order valence-corrected chi connectivity index (χ0v) is 12.8. The Kier molecular flexibility index (Phi) is 6.87. The molecule has 0 spiro atoms. The van der Waals surface area contributed by atoms with Crippen molar-refractivity contribution in [1.29, 1.82) is 0 Å². The molecule has 0 N–H and O–H groups in total. The van der Waals surface area contributed by atoms with Gasteiger partial charge in [0, 0.05) is 11.4 Å². The van der Waals surface area contributed by atoms with Crippen LogP contribution in [0.15, 0.2) is 29.2 Å². The summed E-state index contributed by atoms with van der Waals surface area (Å²) in [5.74, 6) is 0.187. The fraction of sp³-hybridized carbons (Fsp3) is 0.500. The number of carbonyl (C=O) groups excluding carboxylic acids is 1. The van der Waals surface area contributed by atoms with Crippen LogP contribution in [0.2, 0.25) is 0 Å². The lowest BCUT2D eigenvalue weighted by Gasteiger charge is -2.22. The number of thioether (sulfide) groups is 1. The molecule has 0 heterocycles. The predicted octanol–water partition coefficient (Wildman–Crippen LogP) is 3.59. The van der Waals surface area contributed by atoms with Gasteiger partial charge in [0.05, 0.1) is 12.4 Å². The standard InChI is InChI=1S/C14H18F3NO2S/c1-3-18(10-14(15,16)17)13(19)9-21-12-7-5-11(6-8-12)20-4-2/h5-8H,3-4,9-10H2,1-2H3. The monoisotopic (exact) mass is 321 g/mol. The van der Waals surface area contributed by atoms with E-state index < -0.39 is 18.6 Å². The molecule has 1 amide bonds. The summed E-state index contributed by atoms with van der Waals surface area (Å²) in [6.07, 6.45) is -4.37. The molecule has 7 heteroatoms. The molecule has 0 bridgehead atoms. The van der Waals surface area contributed by atoms with E-state index in [0.29, 0.717) is 6.61 Å². The molecule has 0 aromatic heterocycles. The predicted molar refractivity (Wildman–Crippen MR) is 76.6 cm³/mol. The molecule has 0 fully saturated rings. The molecule has 21 heavy (non-hydrogen) atoms. The van der Waals surface area contributed by atoms with Crippen LogP contribution in [-0.2, 0) is 4.79 Å². The fourth-order valence-corrected chi connectivity index (χ4v) is 2.43. The normalized spacial score (nSPS) is 11.3. The lowest BCUT2D eigenvalue weighted by Crippen LogP contribution is -2.39. The molecule has 0 radical (unpaired) electrons. The van der Waals surface area contributed by atoms with Gasteiger partial charge < -0.3 is 9.64 Å². The molecule has 0 saturated carbocycles. The van der Waals surface area contributed by atoms with Crippen molar-refractivity contribution >= 4 is 17.7 Å². The summed E-state index contributed by atoms with van der Waals surface area (Å²) in [7, 11) is 0. The van der Waals surface area contributed by atoms with Gasteiger partial charge in [-0.25, -0.2) is 0 Å². The van der Waals surface area contributed by atoms with E-state index in [-0.39, 0.29) is 12.3 Å². The van der Waals surface area contributed by atoms with Crippen LogP contribution in [-0.4, -0.2) is 42.4 Å². The average molecular weight is 321 g/mol. The maximum absolute atomic E-state index is 12.3. The van der Waals surface area contributed by atoms with Gasteiger partial charge in [-0.05, 0) is 38.1 Å². The summed E-state index contributed by atoms with van der Waals surface area (Å²) in [6.45, 7) is 2.81. The molecule has 0 atom stereocenters. The molecular weight excluding hydrogens is 303 g/mol. The highest BCUT2D eigenvalue weighted by atomic mass is 32.2. The Morgan fingerprint density at radius 1 is 1.24 bits per heavy atom. The minimum absolute atomic E-state index is 0.0160. The second-order valence-corrected chi connectivity index (χ2v) is 5.26. The van der Waals surface area contributed by atoms with Crippen LogP contribution in [0.3, 0.4) is 0 Å². The molecule has 3 nitrogen and oxygen atoms in total. The number of ether oxygens (including phenoxy) is 1. The van der Waals surface area contributed by atoms with Gasteiger partial charge in [-0.15, -0.1) is 11.8 Å². The van der Waals surface area contributed by atoms with Gasteiger partial charge in [0.1, 0.15) is 12.3 Å². The molecule has 0 unspecified atom stereocenters. The van der Waals surface area contributed by atoms with E-state index in [1.165, 1.54) is 18.7 Å². The first kappa shape index (κ1) is 17.7. The lowest BCUT2D eigenvalue weighted by atomic mass is 10.3. The molecule has 1 aromatic rings. The van der Waals surface area contributed by atoms with Gasteiger partial charge in [-0.2, -0.15) is 13.2 Å². The van der Waals surface area contributed by atoms with Gasteiger partial charge in [-0.3, -0.25) is 4.79 Å². The number of nitrogens with zero attached hydrogens (tertiary/aromatic N) is 1. The first-order valence-corrected chi connectivity index (χ1v) is 7.54. The smallest absolute Gasteiger partial charge is 0.406 e. The minimum Gasteiger partial charge on any atom is -0.494 e. The van der Waals surface area contributed by atoms with Gasteiger partial charge in [0.25, 0.3) is 0 Å². The van der Waals surface area contributed by atoms with E-state index in [9.17, 15) is 18.0 Å². The number of amides is 1. The number of halogens is 3. The van der Waals surface area contributed by atoms with Gasteiger partial charge in [-0.1, -0.05) is 0 Å². The first-order chi connectivity index (χ1) is 9.85. The maximum atomic E-state index is 12.3. The molecule has 0 aliphatic heterocycles. The molecule has 118 valence electrons. The number of carbonyl (C=O) groups is 1. The Morgan fingerprint density at radius 3 is 2.33 bits per heavy atom. The summed E-state index contributed by atoms with van der Waals surface area (Å²) in [4.78, 5) is 13.4. The second kappa shape index (κ2) is 8.17. The van der Waals surface area contributed by atoms with E-state index in [2.05, 4.69) is 0 Å². The highest BCUT2D eigenvalue weighted by molar-refractivity contribution is 8.00. The van der Waals surface area contributed by atoms with Crippen LogP contribution >= 0.6 is 11.8 Å². The third kappa shape index (κ3) is 6.75. The Hall–Kier alpha value is -1.37. The number of alkyl halides is 3. The maximum Gasteiger partial charge on any atom is 0.406 e. The zero-order valence-electron chi connectivity index (χ0n) is 11.9. The van der Waals surface area contributed by atoms with Gasteiger partial charge in [0.15, 0.2) is 0 Å². The van der Waals surface area contributed by atoms with Gasteiger partial charge in [0.2, 0.25) is 5.91 Å². The van der Waals surface area contributed by atoms with Crippen LogP contribution in [0.5, 0.6) is 5.75 Å². The minimum atomic E-state index is -4.37. The van der Waals surface area contributed by atoms with E-state index >= 15 is 0 Å². The molecule has 1 rings (SSSR count). The SMILES string of the molecule is CCOc1ccc(SCC(=O)N(CC)CC(F)(F)F)cc1. The Morgan fingerprint density at radius 2 is 1.86 bits per heavy atom. The average Bonchev–Trinajstić information content (AvgIpc) is 2.43. The Labute approximate surface area is 126 Å². The number of hydrogen-bond donors (Lipinski definition) is 0. The van der Waals surface area contributed by atoms with Crippen molar-refractivity contribution in [1.82, 2.24) is 4.90 Å². The first-order valence-electron chi connectivity index (χ1n) is 6.56. The summed E-state index contributed by atoms with van der Waals surface area (Å²) >= 11 is 1.21. The summed E-state index contributed by atoms with van der Waals surface area (Å²) in [5, 5.41) is 0. The van der Waals surface area contributed by atoms with E-state index in [0.717, 1.165) is 15.5 Å².